The first kappa shape index (κ1) is 18.2. The molecule has 0 aromatic heterocycles. The average molecular weight is 364 g/mol. The molecule has 1 aliphatic rings. The van der Waals surface area contributed by atoms with Crippen molar-refractivity contribution in [2.24, 2.45) is 4.99 Å². The van der Waals surface area contributed by atoms with Crippen LogP contribution in [-0.2, 0) is 0 Å². The van der Waals surface area contributed by atoms with Crippen LogP contribution in [0.25, 0.3) is 11.3 Å². The van der Waals surface area contributed by atoms with Crippen LogP contribution in [0.3, 0.4) is 0 Å². The maximum absolute atomic E-state index is 5.21. The monoisotopic (exact) mass is 363 g/mol. The third-order valence-corrected chi connectivity index (χ3v) is 5.21. The maximum Gasteiger partial charge on any atom is 0.0712 e. The molecular weight excluding hydrogens is 338 g/mol. The first-order chi connectivity index (χ1) is 13.7. The molecule has 4 rings (SSSR count). The van der Waals surface area contributed by atoms with Crippen molar-refractivity contribution in [3.8, 4) is 0 Å². The van der Waals surface area contributed by atoms with E-state index in [4.69, 9.17) is 4.99 Å². The number of rotatable bonds is 4. The van der Waals surface area contributed by atoms with Crippen LogP contribution < -0.4 is 0 Å². The van der Waals surface area contributed by atoms with E-state index in [1.54, 1.807) is 0 Å². The van der Waals surface area contributed by atoms with Crippen LogP contribution in [0.1, 0.15) is 42.0 Å². The van der Waals surface area contributed by atoms with Crippen molar-refractivity contribution >= 4 is 17.0 Å². The minimum absolute atomic E-state index is 0.920. The largest absolute Gasteiger partial charge is 0.248 e. The fraction of sp³-hybridized carbons (Fsp3) is 0.148. The zero-order valence-corrected chi connectivity index (χ0v) is 16.5. The summed E-state index contributed by atoms with van der Waals surface area (Å²) < 4.78 is 0. The molecule has 1 heterocycles. The summed E-state index contributed by atoms with van der Waals surface area (Å²) in [5.74, 6) is 0. The van der Waals surface area contributed by atoms with Gasteiger partial charge in [0.05, 0.1) is 11.4 Å². The Balaban J connectivity index is 1.92. The van der Waals surface area contributed by atoms with E-state index in [0.29, 0.717) is 0 Å². The van der Waals surface area contributed by atoms with E-state index >= 15 is 0 Å². The molecule has 28 heavy (non-hydrogen) atoms. The highest BCUT2D eigenvalue weighted by Gasteiger charge is 2.17. The van der Waals surface area contributed by atoms with Gasteiger partial charge in [-0.3, -0.25) is 0 Å². The van der Waals surface area contributed by atoms with E-state index in [1.807, 2.05) is 0 Å². The second-order valence-corrected chi connectivity index (χ2v) is 7.25. The summed E-state index contributed by atoms with van der Waals surface area (Å²) in [4.78, 5) is 5.21. The van der Waals surface area contributed by atoms with Gasteiger partial charge in [0.25, 0.3) is 0 Å². The number of allylic oxidation sites excluding steroid dienone is 3. The summed E-state index contributed by atoms with van der Waals surface area (Å²) in [6.07, 6.45) is 4.17. The number of nitrogens with zero attached hydrogens (tertiary/aromatic N) is 1. The van der Waals surface area contributed by atoms with Crippen molar-refractivity contribution in [3.63, 3.8) is 0 Å². The van der Waals surface area contributed by atoms with Gasteiger partial charge in [0.1, 0.15) is 0 Å². The molecule has 0 atom stereocenters. The van der Waals surface area contributed by atoms with Crippen LogP contribution in [0, 0.1) is 6.92 Å². The Bertz CT molecular complexity index is 1050. The first-order valence-corrected chi connectivity index (χ1v) is 9.94. The Kier molecular flexibility index (Phi) is 5.34. The van der Waals surface area contributed by atoms with Crippen molar-refractivity contribution in [1.29, 1.82) is 0 Å². The lowest BCUT2D eigenvalue weighted by molar-refractivity contribution is 1.04. The zero-order valence-electron chi connectivity index (χ0n) is 16.5. The van der Waals surface area contributed by atoms with Crippen LogP contribution in [0.4, 0.5) is 0 Å². The fourth-order valence-electron chi connectivity index (χ4n) is 3.71. The number of aliphatic imine (C=N–C) groups is 1. The molecule has 0 N–H and O–H groups in total. The van der Waals surface area contributed by atoms with Crippen molar-refractivity contribution < 1.29 is 0 Å². The number of benzene rings is 3. The van der Waals surface area contributed by atoms with Gasteiger partial charge in [-0.2, -0.15) is 0 Å². The van der Waals surface area contributed by atoms with Gasteiger partial charge in [-0.15, -0.1) is 0 Å². The van der Waals surface area contributed by atoms with Crippen molar-refractivity contribution in [2.75, 3.05) is 0 Å². The van der Waals surface area contributed by atoms with Gasteiger partial charge in [0.15, 0.2) is 0 Å². The highest BCUT2D eigenvalue weighted by atomic mass is 14.8. The van der Waals surface area contributed by atoms with E-state index in [-0.39, 0.29) is 0 Å². The van der Waals surface area contributed by atoms with Crippen molar-refractivity contribution in [3.05, 3.63) is 119 Å². The molecule has 1 nitrogen and oxygen atoms in total. The summed E-state index contributed by atoms with van der Waals surface area (Å²) in [5, 5.41) is 0. The molecule has 3 aromatic carbocycles. The lowest BCUT2D eigenvalue weighted by Gasteiger charge is -2.12. The quantitative estimate of drug-likeness (QED) is 0.469. The third-order valence-electron chi connectivity index (χ3n) is 5.21. The molecule has 1 aliphatic heterocycles. The minimum Gasteiger partial charge on any atom is -0.248 e. The summed E-state index contributed by atoms with van der Waals surface area (Å²) in [7, 11) is 0. The van der Waals surface area contributed by atoms with Crippen LogP contribution in [0.15, 0.2) is 102 Å². The van der Waals surface area contributed by atoms with Gasteiger partial charge in [0.2, 0.25) is 0 Å². The molecular formula is C27H25N. The van der Waals surface area contributed by atoms with Gasteiger partial charge < -0.3 is 0 Å². The van der Waals surface area contributed by atoms with Crippen LogP contribution >= 0.6 is 0 Å². The van der Waals surface area contributed by atoms with Gasteiger partial charge in [0, 0.05) is 11.1 Å². The molecule has 0 unspecified atom stereocenters. The Morgan fingerprint density at radius 2 is 1.39 bits per heavy atom. The Morgan fingerprint density at radius 3 is 2.04 bits per heavy atom. The van der Waals surface area contributed by atoms with Gasteiger partial charge >= 0.3 is 0 Å². The zero-order chi connectivity index (χ0) is 19.3. The standard InChI is InChI=1S/C27H25N/c1-3-21-18-25(22-12-6-4-7-13-22)19-26(23-14-8-5-9-15-23)28-27(21)24-16-10-11-20(2)17-24/h4-17,19H,3,18H2,1-2H3. The van der Waals surface area contributed by atoms with E-state index in [9.17, 15) is 0 Å². The van der Waals surface area contributed by atoms with Crippen LogP contribution in [-0.4, -0.2) is 5.71 Å². The highest BCUT2D eigenvalue weighted by molar-refractivity contribution is 6.15. The van der Waals surface area contributed by atoms with Crippen LogP contribution in [0.2, 0.25) is 0 Å². The lowest BCUT2D eigenvalue weighted by Crippen LogP contribution is -1.98. The Hall–Kier alpha value is -3.19. The predicted octanol–water partition coefficient (Wildman–Crippen LogP) is 7.09. The van der Waals surface area contributed by atoms with E-state index < -0.39 is 0 Å². The van der Waals surface area contributed by atoms with Crippen LogP contribution in [0.5, 0.6) is 0 Å². The molecule has 0 spiro atoms. The lowest BCUT2D eigenvalue weighted by atomic mass is 9.93. The average Bonchev–Trinajstić information content (AvgIpc) is 2.95. The first-order valence-electron chi connectivity index (χ1n) is 9.94. The van der Waals surface area contributed by atoms with Gasteiger partial charge in [-0.25, -0.2) is 4.99 Å². The minimum atomic E-state index is 0.920. The molecule has 0 aliphatic carbocycles. The van der Waals surface area contributed by atoms with Crippen molar-refractivity contribution in [2.45, 2.75) is 26.7 Å². The molecule has 0 saturated carbocycles. The van der Waals surface area contributed by atoms with E-state index in [0.717, 1.165) is 29.8 Å². The molecule has 0 amide bonds. The number of hydrogen-bond acceptors (Lipinski definition) is 1. The van der Waals surface area contributed by atoms with E-state index in [2.05, 4.69) is 105 Å². The smallest absolute Gasteiger partial charge is 0.0712 e. The van der Waals surface area contributed by atoms with Crippen molar-refractivity contribution in [1.82, 2.24) is 0 Å². The van der Waals surface area contributed by atoms with E-state index in [1.165, 1.54) is 27.8 Å². The highest BCUT2D eigenvalue weighted by Crippen LogP contribution is 2.34. The molecule has 3 aromatic rings. The SMILES string of the molecule is CCC1=C(c2cccc(C)c2)N=C(c2ccccc2)C=C(c2ccccc2)C1. The summed E-state index contributed by atoms with van der Waals surface area (Å²) in [5.41, 5.74) is 9.73. The third kappa shape index (κ3) is 3.89. The van der Waals surface area contributed by atoms with Gasteiger partial charge in [-0.1, -0.05) is 91.3 Å². The van der Waals surface area contributed by atoms with Gasteiger partial charge in [-0.05, 0) is 48.6 Å². The topological polar surface area (TPSA) is 12.4 Å². The normalized spacial score (nSPS) is 14.4. The maximum atomic E-state index is 5.21. The predicted molar refractivity (Wildman–Crippen MR) is 120 cm³/mol. The molecule has 1 heteroatoms. The summed E-state index contributed by atoms with van der Waals surface area (Å²) in [6.45, 7) is 4.37. The number of aryl methyl sites for hydroxylation is 1. The summed E-state index contributed by atoms with van der Waals surface area (Å²) in [6, 6.07) is 29.9. The summed E-state index contributed by atoms with van der Waals surface area (Å²) >= 11 is 0. The molecule has 0 fully saturated rings. The molecule has 0 radical (unpaired) electrons. The Labute approximate surface area is 167 Å². The second-order valence-electron chi connectivity index (χ2n) is 7.25. The molecule has 138 valence electrons. The molecule has 0 saturated heterocycles. The fourth-order valence-corrected chi connectivity index (χ4v) is 3.71. The molecule has 0 bridgehead atoms. The second kappa shape index (κ2) is 8.22. The number of hydrogen-bond donors (Lipinski definition) is 0. The Morgan fingerprint density at radius 1 is 0.750 bits per heavy atom.